The van der Waals surface area contributed by atoms with E-state index in [1.807, 2.05) is 9.47 Å². The monoisotopic (exact) mass is 386 g/mol. The Morgan fingerprint density at radius 1 is 0.821 bits per heavy atom. The largest absolute Gasteiger partial charge is 0.348 e. The molecule has 2 fully saturated rings. The number of hydrogen-bond acceptors (Lipinski definition) is 3. The van der Waals surface area contributed by atoms with Crippen molar-refractivity contribution in [2.75, 3.05) is 13.1 Å². The quantitative estimate of drug-likeness (QED) is 0.806. The van der Waals surface area contributed by atoms with Crippen molar-refractivity contribution in [3.63, 3.8) is 0 Å². The Morgan fingerprint density at radius 3 is 2.18 bits per heavy atom. The first-order chi connectivity index (χ1) is 13.7. The van der Waals surface area contributed by atoms with Crippen LogP contribution in [0.2, 0.25) is 0 Å². The number of imidazole rings is 1. The second kappa shape index (κ2) is 9.10. The summed E-state index contributed by atoms with van der Waals surface area (Å²) in [5.41, 5.74) is 1.47. The standard InChI is InChI=1S/C22H34N4O2/c27-21(23-17-11-5-1-2-6-12-17)19-18-13-7-10-16-26(18)20(24-19)22(28)25-14-8-3-4-9-15-25/h17H,1-16H2,(H,23,27). The van der Waals surface area contributed by atoms with Gasteiger partial charge in [0.2, 0.25) is 0 Å². The Hall–Kier alpha value is -1.85. The minimum atomic E-state index is -0.0764. The lowest BCUT2D eigenvalue weighted by Crippen LogP contribution is -2.35. The Labute approximate surface area is 168 Å². The number of hydrogen-bond donors (Lipinski definition) is 1. The van der Waals surface area contributed by atoms with E-state index in [2.05, 4.69) is 10.3 Å². The summed E-state index contributed by atoms with van der Waals surface area (Å²) in [6, 6.07) is 0.251. The van der Waals surface area contributed by atoms with E-state index in [4.69, 9.17) is 0 Å². The molecular formula is C22H34N4O2. The maximum atomic E-state index is 13.2. The fourth-order valence-corrected chi connectivity index (χ4v) is 4.98. The van der Waals surface area contributed by atoms with E-state index < -0.39 is 0 Å². The lowest BCUT2D eigenvalue weighted by Gasteiger charge is -2.22. The van der Waals surface area contributed by atoms with Gasteiger partial charge in [0.15, 0.2) is 5.82 Å². The number of carbonyl (C=O) groups is 2. The average molecular weight is 387 g/mol. The summed E-state index contributed by atoms with van der Waals surface area (Å²) < 4.78 is 2.04. The zero-order chi connectivity index (χ0) is 19.3. The summed E-state index contributed by atoms with van der Waals surface area (Å²) in [5.74, 6) is 0.425. The molecule has 1 aromatic rings. The van der Waals surface area contributed by atoms with Crippen molar-refractivity contribution in [3.8, 4) is 0 Å². The molecule has 4 rings (SSSR count). The van der Waals surface area contributed by atoms with Gasteiger partial charge in [0, 0.05) is 25.7 Å². The molecule has 0 aromatic carbocycles. The zero-order valence-electron chi connectivity index (χ0n) is 17.0. The fraction of sp³-hybridized carbons (Fsp3) is 0.773. The Kier molecular flexibility index (Phi) is 6.33. The molecule has 6 nitrogen and oxygen atoms in total. The van der Waals surface area contributed by atoms with Crippen molar-refractivity contribution in [1.29, 1.82) is 0 Å². The van der Waals surface area contributed by atoms with Crippen LogP contribution in [-0.2, 0) is 13.0 Å². The van der Waals surface area contributed by atoms with Crippen molar-refractivity contribution in [1.82, 2.24) is 19.8 Å². The molecule has 6 heteroatoms. The third kappa shape index (κ3) is 4.26. The van der Waals surface area contributed by atoms with Crippen molar-refractivity contribution in [2.24, 2.45) is 0 Å². The predicted octanol–water partition coefficient (Wildman–Crippen LogP) is 3.69. The number of nitrogens with zero attached hydrogens (tertiary/aromatic N) is 3. The van der Waals surface area contributed by atoms with E-state index in [0.29, 0.717) is 11.5 Å². The van der Waals surface area contributed by atoms with Gasteiger partial charge in [-0.2, -0.15) is 0 Å². The highest BCUT2D eigenvalue weighted by molar-refractivity contribution is 5.97. The highest BCUT2D eigenvalue weighted by Gasteiger charge is 2.30. The molecule has 3 heterocycles. The Bertz CT molecular complexity index is 696. The first-order valence-corrected chi connectivity index (χ1v) is 11.4. The van der Waals surface area contributed by atoms with Crippen molar-refractivity contribution >= 4 is 11.8 Å². The van der Waals surface area contributed by atoms with Gasteiger partial charge < -0.3 is 14.8 Å². The van der Waals surface area contributed by atoms with Gasteiger partial charge in [-0.15, -0.1) is 0 Å². The molecule has 1 saturated carbocycles. The molecule has 3 aliphatic rings. The number of aromatic nitrogens is 2. The Morgan fingerprint density at radius 2 is 1.46 bits per heavy atom. The van der Waals surface area contributed by atoms with Gasteiger partial charge in [0.1, 0.15) is 5.69 Å². The van der Waals surface area contributed by atoms with Gasteiger partial charge >= 0.3 is 0 Å². The lowest BCUT2D eigenvalue weighted by molar-refractivity contribution is 0.0743. The van der Waals surface area contributed by atoms with Crippen LogP contribution in [0.15, 0.2) is 0 Å². The van der Waals surface area contributed by atoms with Crippen LogP contribution < -0.4 is 5.32 Å². The molecule has 0 unspecified atom stereocenters. The number of fused-ring (bicyclic) bond motifs is 1. The van der Waals surface area contributed by atoms with Crippen LogP contribution in [0.1, 0.15) is 104 Å². The number of likely N-dealkylation sites (tertiary alicyclic amines) is 1. The average Bonchev–Trinajstić information content (AvgIpc) is 2.91. The SMILES string of the molecule is O=C(NC1CCCCCC1)c1nc(C(=O)N2CCCCCC2)n2c1CCCC2. The first-order valence-electron chi connectivity index (χ1n) is 11.4. The molecule has 0 radical (unpaired) electrons. The van der Waals surface area contributed by atoms with Crippen LogP contribution in [0.25, 0.3) is 0 Å². The highest BCUT2D eigenvalue weighted by atomic mass is 16.2. The molecule has 2 amide bonds. The number of rotatable bonds is 3. The maximum absolute atomic E-state index is 13.2. The van der Waals surface area contributed by atoms with Crippen LogP contribution >= 0.6 is 0 Å². The minimum Gasteiger partial charge on any atom is -0.348 e. The topological polar surface area (TPSA) is 67.2 Å². The summed E-state index contributed by atoms with van der Waals surface area (Å²) in [4.78, 5) is 32.9. The summed E-state index contributed by atoms with van der Waals surface area (Å²) in [7, 11) is 0. The fourth-order valence-electron chi connectivity index (χ4n) is 4.98. The van der Waals surface area contributed by atoms with E-state index in [-0.39, 0.29) is 17.9 Å². The van der Waals surface area contributed by atoms with Crippen molar-refractivity contribution in [2.45, 2.75) is 96.1 Å². The lowest BCUT2D eigenvalue weighted by atomic mass is 10.1. The minimum absolute atomic E-state index is 0.0126. The normalized spacial score (nSPS) is 21.5. The number of nitrogens with one attached hydrogen (secondary N) is 1. The molecule has 1 saturated heterocycles. The summed E-state index contributed by atoms with van der Waals surface area (Å²) in [6.45, 7) is 2.42. The molecular weight excluding hydrogens is 352 g/mol. The van der Waals surface area contributed by atoms with E-state index in [9.17, 15) is 9.59 Å². The molecule has 0 atom stereocenters. The molecule has 154 valence electrons. The highest BCUT2D eigenvalue weighted by Crippen LogP contribution is 2.24. The predicted molar refractivity (Wildman–Crippen MR) is 108 cm³/mol. The van der Waals surface area contributed by atoms with Crippen LogP contribution in [0.4, 0.5) is 0 Å². The van der Waals surface area contributed by atoms with Gasteiger partial charge in [-0.25, -0.2) is 4.98 Å². The van der Waals surface area contributed by atoms with Crippen LogP contribution in [0.5, 0.6) is 0 Å². The van der Waals surface area contributed by atoms with Crippen molar-refractivity contribution < 1.29 is 9.59 Å². The van der Waals surface area contributed by atoms with Gasteiger partial charge in [-0.3, -0.25) is 9.59 Å². The first kappa shape index (κ1) is 19.5. The van der Waals surface area contributed by atoms with E-state index in [0.717, 1.165) is 70.3 Å². The maximum Gasteiger partial charge on any atom is 0.289 e. The smallest absolute Gasteiger partial charge is 0.289 e. The third-order valence-electron chi connectivity index (χ3n) is 6.61. The van der Waals surface area contributed by atoms with Crippen LogP contribution in [0, 0.1) is 0 Å². The van der Waals surface area contributed by atoms with E-state index >= 15 is 0 Å². The molecule has 0 bridgehead atoms. The molecule has 2 aliphatic heterocycles. The van der Waals surface area contributed by atoms with Gasteiger partial charge in [0.25, 0.3) is 11.8 Å². The Balaban J connectivity index is 1.55. The molecule has 1 N–H and O–H groups in total. The van der Waals surface area contributed by atoms with E-state index in [1.165, 1.54) is 38.5 Å². The summed E-state index contributed by atoms with van der Waals surface area (Å²) in [5, 5.41) is 3.23. The molecule has 1 aliphatic carbocycles. The third-order valence-corrected chi connectivity index (χ3v) is 6.61. The molecule has 1 aromatic heterocycles. The zero-order valence-corrected chi connectivity index (χ0v) is 17.0. The van der Waals surface area contributed by atoms with Gasteiger partial charge in [0.05, 0.1) is 5.69 Å². The summed E-state index contributed by atoms with van der Waals surface area (Å²) >= 11 is 0. The van der Waals surface area contributed by atoms with Gasteiger partial charge in [-0.05, 0) is 44.9 Å². The second-order valence-corrected chi connectivity index (χ2v) is 8.71. The van der Waals surface area contributed by atoms with Crippen molar-refractivity contribution in [3.05, 3.63) is 17.2 Å². The van der Waals surface area contributed by atoms with E-state index in [1.54, 1.807) is 0 Å². The number of amides is 2. The second-order valence-electron chi connectivity index (χ2n) is 8.71. The molecule has 0 spiro atoms. The number of carbonyl (C=O) groups excluding carboxylic acids is 2. The van der Waals surface area contributed by atoms with Crippen LogP contribution in [0.3, 0.4) is 0 Å². The molecule has 28 heavy (non-hydrogen) atoms. The van der Waals surface area contributed by atoms with Gasteiger partial charge in [-0.1, -0.05) is 38.5 Å². The summed E-state index contributed by atoms with van der Waals surface area (Å²) in [6.07, 6.45) is 14.5. The van der Waals surface area contributed by atoms with Crippen LogP contribution in [-0.4, -0.2) is 45.4 Å².